The Labute approximate surface area is 99.5 Å². The maximum Gasteiger partial charge on any atom is 0.0757 e. The molecule has 3 nitrogen and oxygen atoms in total. The van der Waals surface area contributed by atoms with Crippen molar-refractivity contribution >= 4 is 0 Å². The first-order chi connectivity index (χ1) is 7.55. The molecule has 3 heteroatoms. The van der Waals surface area contributed by atoms with Crippen LogP contribution < -0.4 is 5.32 Å². The zero-order valence-electron chi connectivity index (χ0n) is 11.0. The van der Waals surface area contributed by atoms with Gasteiger partial charge in [-0.3, -0.25) is 4.90 Å². The molecule has 1 aliphatic heterocycles. The fraction of sp³-hybridized carbons (Fsp3) is 1.00. The first-order valence-electron chi connectivity index (χ1n) is 6.69. The molecule has 1 saturated carbocycles. The van der Waals surface area contributed by atoms with Gasteiger partial charge in [-0.05, 0) is 53.1 Å². The van der Waals surface area contributed by atoms with Gasteiger partial charge in [0.15, 0.2) is 0 Å². The highest BCUT2D eigenvalue weighted by atomic mass is 16.5. The lowest BCUT2D eigenvalue weighted by molar-refractivity contribution is -0.128. The van der Waals surface area contributed by atoms with Crippen LogP contribution in [0.5, 0.6) is 0 Å². The van der Waals surface area contributed by atoms with E-state index < -0.39 is 0 Å². The SMILES string of the molecule is CC1CN(CCCNC2CC2)CC(C)(C)O1. The van der Waals surface area contributed by atoms with Crippen molar-refractivity contribution < 1.29 is 4.74 Å². The van der Waals surface area contributed by atoms with Gasteiger partial charge in [0, 0.05) is 19.1 Å². The van der Waals surface area contributed by atoms with Crippen molar-refractivity contribution in [2.24, 2.45) is 0 Å². The number of hydrogen-bond donors (Lipinski definition) is 1. The molecule has 1 heterocycles. The molecule has 2 rings (SSSR count). The molecule has 1 atom stereocenters. The Morgan fingerprint density at radius 1 is 1.38 bits per heavy atom. The van der Waals surface area contributed by atoms with E-state index in [1.807, 2.05) is 0 Å². The number of nitrogens with one attached hydrogen (secondary N) is 1. The highest BCUT2D eigenvalue weighted by Gasteiger charge is 2.30. The number of hydrogen-bond acceptors (Lipinski definition) is 3. The van der Waals surface area contributed by atoms with Crippen molar-refractivity contribution in [3.63, 3.8) is 0 Å². The minimum atomic E-state index is 0.0294. The molecule has 1 unspecified atom stereocenters. The number of ether oxygens (including phenoxy) is 1. The van der Waals surface area contributed by atoms with Crippen LogP contribution in [0.2, 0.25) is 0 Å². The Balaban J connectivity index is 1.63. The first-order valence-corrected chi connectivity index (χ1v) is 6.69. The van der Waals surface area contributed by atoms with E-state index in [4.69, 9.17) is 4.74 Å². The van der Waals surface area contributed by atoms with Gasteiger partial charge in [-0.1, -0.05) is 0 Å². The summed E-state index contributed by atoms with van der Waals surface area (Å²) in [5.74, 6) is 0. The maximum absolute atomic E-state index is 5.90. The standard InChI is InChI=1S/C13H26N2O/c1-11-9-15(10-13(2,3)16-11)8-4-7-14-12-5-6-12/h11-12,14H,4-10H2,1-3H3. The molecule has 1 saturated heterocycles. The molecule has 0 aromatic heterocycles. The van der Waals surface area contributed by atoms with Crippen LogP contribution in [0.1, 0.15) is 40.0 Å². The Morgan fingerprint density at radius 2 is 2.12 bits per heavy atom. The van der Waals surface area contributed by atoms with Crippen LogP contribution >= 0.6 is 0 Å². The van der Waals surface area contributed by atoms with Gasteiger partial charge in [0.25, 0.3) is 0 Å². The molecule has 2 aliphatic rings. The van der Waals surface area contributed by atoms with Gasteiger partial charge in [-0.15, -0.1) is 0 Å². The second kappa shape index (κ2) is 5.03. The third-order valence-electron chi connectivity index (χ3n) is 3.30. The molecule has 16 heavy (non-hydrogen) atoms. The van der Waals surface area contributed by atoms with Gasteiger partial charge < -0.3 is 10.1 Å². The highest BCUT2D eigenvalue weighted by molar-refractivity contribution is 4.83. The van der Waals surface area contributed by atoms with E-state index >= 15 is 0 Å². The summed E-state index contributed by atoms with van der Waals surface area (Å²) in [6, 6.07) is 0.847. The minimum Gasteiger partial charge on any atom is -0.370 e. The summed E-state index contributed by atoms with van der Waals surface area (Å²) < 4.78 is 5.90. The molecule has 0 radical (unpaired) electrons. The van der Waals surface area contributed by atoms with Crippen LogP contribution in [0.25, 0.3) is 0 Å². The lowest BCUT2D eigenvalue weighted by Gasteiger charge is -2.41. The van der Waals surface area contributed by atoms with Gasteiger partial charge in [0.1, 0.15) is 0 Å². The molecule has 0 spiro atoms. The van der Waals surface area contributed by atoms with Crippen molar-refractivity contribution in [1.29, 1.82) is 0 Å². The van der Waals surface area contributed by atoms with Gasteiger partial charge in [-0.2, -0.15) is 0 Å². The van der Waals surface area contributed by atoms with E-state index in [-0.39, 0.29) is 5.60 Å². The monoisotopic (exact) mass is 226 g/mol. The summed E-state index contributed by atoms with van der Waals surface area (Å²) in [4.78, 5) is 2.54. The summed E-state index contributed by atoms with van der Waals surface area (Å²) in [6.45, 7) is 11.1. The van der Waals surface area contributed by atoms with Gasteiger partial charge in [-0.25, -0.2) is 0 Å². The van der Waals surface area contributed by atoms with Crippen molar-refractivity contribution in [2.75, 3.05) is 26.2 Å². The highest BCUT2D eigenvalue weighted by Crippen LogP contribution is 2.21. The Bertz CT molecular complexity index is 226. The van der Waals surface area contributed by atoms with E-state index in [2.05, 4.69) is 31.0 Å². The van der Waals surface area contributed by atoms with Gasteiger partial charge in [0.05, 0.1) is 11.7 Å². The third kappa shape index (κ3) is 4.04. The molecule has 0 aromatic rings. The molecule has 0 bridgehead atoms. The Hall–Kier alpha value is -0.120. The zero-order valence-corrected chi connectivity index (χ0v) is 11.0. The zero-order chi connectivity index (χ0) is 11.6. The summed E-state index contributed by atoms with van der Waals surface area (Å²) in [6.07, 6.45) is 4.42. The predicted octanol–water partition coefficient (Wildman–Crippen LogP) is 1.63. The van der Waals surface area contributed by atoms with Gasteiger partial charge in [0.2, 0.25) is 0 Å². The van der Waals surface area contributed by atoms with Crippen molar-refractivity contribution in [3.8, 4) is 0 Å². The molecular weight excluding hydrogens is 200 g/mol. The topological polar surface area (TPSA) is 24.5 Å². The Kier molecular flexibility index (Phi) is 3.88. The van der Waals surface area contributed by atoms with Crippen LogP contribution in [0.3, 0.4) is 0 Å². The average Bonchev–Trinajstić information content (AvgIpc) is 2.92. The van der Waals surface area contributed by atoms with Crippen LogP contribution in [-0.4, -0.2) is 48.8 Å². The smallest absolute Gasteiger partial charge is 0.0757 e. The van der Waals surface area contributed by atoms with Crippen LogP contribution in [0, 0.1) is 0 Å². The van der Waals surface area contributed by atoms with Crippen molar-refractivity contribution in [1.82, 2.24) is 10.2 Å². The summed E-state index contributed by atoms with van der Waals surface area (Å²) in [5, 5.41) is 3.57. The van der Waals surface area contributed by atoms with Gasteiger partial charge >= 0.3 is 0 Å². The van der Waals surface area contributed by atoms with Crippen LogP contribution in [-0.2, 0) is 4.74 Å². The third-order valence-corrected chi connectivity index (χ3v) is 3.30. The lowest BCUT2D eigenvalue weighted by Crippen LogP contribution is -2.52. The quantitative estimate of drug-likeness (QED) is 0.721. The Morgan fingerprint density at radius 3 is 2.75 bits per heavy atom. The average molecular weight is 226 g/mol. The summed E-state index contributed by atoms with van der Waals surface area (Å²) >= 11 is 0. The fourth-order valence-corrected chi connectivity index (χ4v) is 2.65. The maximum atomic E-state index is 5.90. The van der Waals surface area contributed by atoms with E-state index in [1.165, 1.54) is 32.4 Å². The predicted molar refractivity (Wildman–Crippen MR) is 66.7 cm³/mol. The van der Waals surface area contributed by atoms with E-state index in [1.54, 1.807) is 0 Å². The number of morpholine rings is 1. The van der Waals surface area contributed by atoms with Crippen molar-refractivity contribution in [3.05, 3.63) is 0 Å². The summed E-state index contributed by atoms with van der Waals surface area (Å²) in [7, 11) is 0. The van der Waals surface area contributed by atoms with E-state index in [0.29, 0.717) is 6.10 Å². The normalized spacial score (nSPS) is 30.6. The molecule has 1 N–H and O–H groups in total. The number of rotatable bonds is 5. The largest absolute Gasteiger partial charge is 0.370 e. The minimum absolute atomic E-state index is 0.0294. The second-order valence-corrected chi connectivity index (χ2v) is 6.01. The molecule has 0 amide bonds. The molecule has 94 valence electrons. The molecular formula is C13H26N2O. The van der Waals surface area contributed by atoms with Crippen LogP contribution in [0.4, 0.5) is 0 Å². The van der Waals surface area contributed by atoms with Crippen molar-refractivity contribution in [2.45, 2.75) is 57.8 Å². The second-order valence-electron chi connectivity index (χ2n) is 6.01. The van der Waals surface area contributed by atoms with E-state index in [0.717, 1.165) is 19.1 Å². The summed E-state index contributed by atoms with van der Waals surface area (Å²) in [5.41, 5.74) is 0.0294. The first kappa shape index (κ1) is 12.3. The molecule has 0 aromatic carbocycles. The fourth-order valence-electron chi connectivity index (χ4n) is 2.65. The number of nitrogens with zero attached hydrogens (tertiary/aromatic N) is 1. The van der Waals surface area contributed by atoms with E-state index in [9.17, 15) is 0 Å². The lowest BCUT2D eigenvalue weighted by atomic mass is 10.1. The molecule has 1 aliphatic carbocycles. The van der Waals surface area contributed by atoms with Crippen LogP contribution in [0.15, 0.2) is 0 Å². The molecule has 2 fully saturated rings.